The minimum atomic E-state index is -3.62. The minimum absolute atomic E-state index is 0.0755. The molecule has 1 heterocycles. The summed E-state index contributed by atoms with van der Waals surface area (Å²) in [5, 5.41) is 0.189. The lowest BCUT2D eigenvalue weighted by Gasteiger charge is -2.09. The first kappa shape index (κ1) is 14.6. The lowest BCUT2D eigenvalue weighted by molar-refractivity contribution is 0.579. The molecule has 0 aliphatic rings. The van der Waals surface area contributed by atoms with Gasteiger partial charge in [0.1, 0.15) is 4.90 Å². The topological polar surface area (TPSA) is 51.1 Å². The first-order valence-electron chi connectivity index (χ1n) is 5.45. The molecular formula is C12H12BrClN2O2S. The average Bonchev–Trinajstić information content (AvgIpc) is 2.72. The molecule has 0 unspecified atom stereocenters. The number of sulfonamides is 1. The largest absolute Gasteiger partial charge is 0.353 e. The maximum Gasteiger partial charge on any atom is 0.242 e. The van der Waals surface area contributed by atoms with Gasteiger partial charge >= 0.3 is 0 Å². The first-order valence-corrected chi connectivity index (χ1v) is 8.10. The van der Waals surface area contributed by atoms with Gasteiger partial charge in [0, 0.05) is 23.4 Å². The van der Waals surface area contributed by atoms with Gasteiger partial charge in [-0.05, 0) is 30.3 Å². The molecule has 0 aliphatic carbocycles. The molecule has 102 valence electrons. The summed E-state index contributed by atoms with van der Waals surface area (Å²) in [6.07, 6.45) is 1.86. The molecule has 0 aliphatic heterocycles. The summed E-state index contributed by atoms with van der Waals surface area (Å²) in [7, 11) is -1.76. The van der Waals surface area contributed by atoms with Gasteiger partial charge in [-0.15, -0.1) is 0 Å². The van der Waals surface area contributed by atoms with Gasteiger partial charge < -0.3 is 4.57 Å². The molecule has 1 aromatic heterocycles. The van der Waals surface area contributed by atoms with Crippen LogP contribution in [-0.4, -0.2) is 13.0 Å². The van der Waals surface area contributed by atoms with Crippen molar-refractivity contribution in [1.82, 2.24) is 9.29 Å². The third-order valence-corrected chi connectivity index (χ3v) is 5.06. The van der Waals surface area contributed by atoms with Crippen molar-refractivity contribution in [2.75, 3.05) is 0 Å². The van der Waals surface area contributed by atoms with Crippen LogP contribution in [0.15, 0.2) is 45.9 Å². The van der Waals surface area contributed by atoms with E-state index in [2.05, 4.69) is 20.7 Å². The van der Waals surface area contributed by atoms with Crippen molar-refractivity contribution in [3.05, 3.63) is 51.7 Å². The molecule has 0 saturated carbocycles. The Morgan fingerprint density at radius 2 is 2.11 bits per heavy atom. The van der Waals surface area contributed by atoms with Gasteiger partial charge in [-0.2, -0.15) is 0 Å². The van der Waals surface area contributed by atoms with Crippen molar-refractivity contribution >= 4 is 37.6 Å². The van der Waals surface area contributed by atoms with Crippen LogP contribution in [0.3, 0.4) is 0 Å². The smallest absolute Gasteiger partial charge is 0.242 e. The molecule has 1 N–H and O–H groups in total. The number of rotatable bonds is 4. The van der Waals surface area contributed by atoms with E-state index >= 15 is 0 Å². The Morgan fingerprint density at radius 3 is 2.68 bits per heavy atom. The van der Waals surface area contributed by atoms with Crippen molar-refractivity contribution < 1.29 is 8.42 Å². The Balaban J connectivity index is 2.21. The quantitative estimate of drug-likeness (QED) is 0.908. The molecule has 2 aromatic rings. The van der Waals surface area contributed by atoms with E-state index in [1.165, 1.54) is 6.07 Å². The number of hydrogen-bond acceptors (Lipinski definition) is 2. The van der Waals surface area contributed by atoms with Crippen LogP contribution in [0.25, 0.3) is 0 Å². The second-order valence-corrected chi connectivity index (χ2v) is 7.07. The van der Waals surface area contributed by atoms with Gasteiger partial charge in [0.25, 0.3) is 0 Å². The molecule has 1 aromatic carbocycles. The van der Waals surface area contributed by atoms with E-state index in [0.717, 1.165) is 10.2 Å². The van der Waals surface area contributed by atoms with Crippen molar-refractivity contribution in [1.29, 1.82) is 0 Å². The lowest BCUT2D eigenvalue weighted by Crippen LogP contribution is -2.24. The van der Waals surface area contributed by atoms with E-state index in [4.69, 9.17) is 11.6 Å². The molecule has 0 fully saturated rings. The monoisotopic (exact) mass is 362 g/mol. The number of benzene rings is 1. The highest BCUT2D eigenvalue weighted by Gasteiger charge is 2.18. The van der Waals surface area contributed by atoms with E-state index in [1.807, 2.05) is 29.9 Å². The summed E-state index contributed by atoms with van der Waals surface area (Å²) in [5.74, 6) is 0. The van der Waals surface area contributed by atoms with Gasteiger partial charge in [-0.25, -0.2) is 13.1 Å². The molecule has 2 rings (SSSR count). The third-order valence-electron chi connectivity index (χ3n) is 2.68. The van der Waals surface area contributed by atoms with Crippen molar-refractivity contribution in [3.63, 3.8) is 0 Å². The van der Waals surface area contributed by atoms with E-state index in [1.54, 1.807) is 12.1 Å². The molecule has 0 radical (unpaired) electrons. The number of nitrogens with one attached hydrogen (secondary N) is 1. The predicted octanol–water partition coefficient (Wildman–Crippen LogP) is 2.92. The van der Waals surface area contributed by atoms with Gasteiger partial charge in [-0.1, -0.05) is 27.5 Å². The van der Waals surface area contributed by atoms with Crippen molar-refractivity contribution in [2.45, 2.75) is 11.4 Å². The average molecular weight is 364 g/mol. The Kier molecular flexibility index (Phi) is 4.35. The van der Waals surface area contributed by atoms with Crippen LogP contribution in [0.5, 0.6) is 0 Å². The van der Waals surface area contributed by atoms with Crippen LogP contribution >= 0.6 is 27.5 Å². The molecule has 0 amide bonds. The normalized spacial score (nSPS) is 11.7. The standard InChI is InChI=1S/C12H12BrClN2O2S/c1-16-6-2-3-10(16)8-15-19(17,18)12-5-4-9(13)7-11(12)14/h2-7,15H,8H2,1H3. The van der Waals surface area contributed by atoms with E-state index in [9.17, 15) is 8.42 Å². The zero-order valence-electron chi connectivity index (χ0n) is 10.1. The molecule has 19 heavy (non-hydrogen) atoms. The lowest BCUT2D eigenvalue weighted by atomic mass is 10.4. The second kappa shape index (κ2) is 5.66. The summed E-state index contributed by atoms with van der Waals surface area (Å²) in [5.41, 5.74) is 0.872. The van der Waals surface area contributed by atoms with E-state index < -0.39 is 10.0 Å². The number of aryl methyl sites for hydroxylation is 1. The van der Waals surface area contributed by atoms with Crippen LogP contribution in [0.2, 0.25) is 5.02 Å². The second-order valence-electron chi connectivity index (χ2n) is 4.01. The molecule has 0 spiro atoms. The summed E-state index contributed by atoms with van der Waals surface area (Å²) in [6.45, 7) is 0.220. The van der Waals surface area contributed by atoms with Crippen LogP contribution < -0.4 is 4.72 Å². The number of nitrogens with zero attached hydrogens (tertiary/aromatic N) is 1. The molecule has 0 atom stereocenters. The first-order chi connectivity index (χ1) is 8.90. The van der Waals surface area contributed by atoms with Gasteiger partial charge in [-0.3, -0.25) is 0 Å². The van der Waals surface area contributed by atoms with Crippen LogP contribution in [-0.2, 0) is 23.6 Å². The fraction of sp³-hybridized carbons (Fsp3) is 0.167. The maximum atomic E-state index is 12.2. The summed E-state index contributed by atoms with van der Waals surface area (Å²) < 4.78 is 29.4. The van der Waals surface area contributed by atoms with Crippen molar-refractivity contribution in [3.8, 4) is 0 Å². The number of hydrogen-bond donors (Lipinski definition) is 1. The van der Waals surface area contributed by atoms with Gasteiger partial charge in [0.05, 0.1) is 11.6 Å². The van der Waals surface area contributed by atoms with E-state index in [-0.39, 0.29) is 16.5 Å². The zero-order valence-corrected chi connectivity index (χ0v) is 13.3. The fourth-order valence-electron chi connectivity index (χ4n) is 1.62. The van der Waals surface area contributed by atoms with Crippen LogP contribution in [0.1, 0.15) is 5.69 Å². The Hall–Kier alpha value is -0.820. The fourth-order valence-corrected chi connectivity index (χ4v) is 3.65. The molecule has 7 heteroatoms. The van der Waals surface area contributed by atoms with Gasteiger partial charge in [0.15, 0.2) is 0 Å². The highest BCUT2D eigenvalue weighted by molar-refractivity contribution is 9.10. The molecule has 0 bridgehead atoms. The van der Waals surface area contributed by atoms with Crippen LogP contribution in [0.4, 0.5) is 0 Å². The molecule has 4 nitrogen and oxygen atoms in total. The highest BCUT2D eigenvalue weighted by atomic mass is 79.9. The maximum absolute atomic E-state index is 12.2. The zero-order chi connectivity index (χ0) is 14.0. The molecule has 0 saturated heterocycles. The third kappa shape index (κ3) is 3.39. The highest BCUT2D eigenvalue weighted by Crippen LogP contribution is 2.25. The van der Waals surface area contributed by atoms with E-state index in [0.29, 0.717) is 0 Å². The van der Waals surface area contributed by atoms with Crippen LogP contribution in [0, 0.1) is 0 Å². The van der Waals surface area contributed by atoms with Crippen molar-refractivity contribution in [2.24, 2.45) is 7.05 Å². The Labute approximate surface area is 125 Å². The number of aromatic nitrogens is 1. The summed E-state index contributed by atoms with van der Waals surface area (Å²) in [4.78, 5) is 0.0755. The Bertz CT molecular complexity index is 698. The summed E-state index contributed by atoms with van der Waals surface area (Å²) in [6, 6.07) is 8.38. The summed E-state index contributed by atoms with van der Waals surface area (Å²) >= 11 is 9.19. The van der Waals surface area contributed by atoms with Gasteiger partial charge in [0.2, 0.25) is 10.0 Å². The minimum Gasteiger partial charge on any atom is -0.353 e. The molecular weight excluding hydrogens is 352 g/mol. The Morgan fingerprint density at radius 1 is 1.37 bits per heavy atom. The predicted molar refractivity (Wildman–Crippen MR) is 78.6 cm³/mol. The number of halogens is 2. The SMILES string of the molecule is Cn1cccc1CNS(=O)(=O)c1ccc(Br)cc1Cl.